The summed E-state index contributed by atoms with van der Waals surface area (Å²) in [4.78, 5) is 0. The van der Waals surface area contributed by atoms with Crippen LogP contribution in [0.1, 0.15) is 26.7 Å². The Balaban J connectivity index is 4.99. The van der Waals surface area contributed by atoms with Gasteiger partial charge in [0, 0.05) is 0 Å². The molecule has 0 amide bonds. The Morgan fingerprint density at radius 1 is 1.23 bits per heavy atom. The largest absolute Gasteiger partial charge is 0.507 e. The van der Waals surface area contributed by atoms with Gasteiger partial charge in [0.1, 0.15) is 5.76 Å². The van der Waals surface area contributed by atoms with Gasteiger partial charge in [0.25, 0.3) is 0 Å². The van der Waals surface area contributed by atoms with Crippen LogP contribution in [-0.4, -0.2) is 5.11 Å². The minimum absolute atomic E-state index is 0.347. The molecule has 1 heteroatoms. The van der Waals surface area contributed by atoms with Crippen molar-refractivity contribution in [1.29, 1.82) is 0 Å². The van der Waals surface area contributed by atoms with E-state index in [0.29, 0.717) is 5.76 Å². The van der Waals surface area contributed by atoms with Gasteiger partial charge in [-0.15, -0.1) is 0 Å². The average molecular weight is 178 g/mol. The first-order valence-electron chi connectivity index (χ1n) is 4.57. The minimum atomic E-state index is 0.347. The Morgan fingerprint density at radius 2 is 1.85 bits per heavy atom. The zero-order chi connectivity index (χ0) is 10.3. The van der Waals surface area contributed by atoms with Crippen molar-refractivity contribution in [3.63, 3.8) is 0 Å². The summed E-state index contributed by atoms with van der Waals surface area (Å²) in [6.45, 7) is 11.3. The number of hydrogen-bond acceptors (Lipinski definition) is 1. The van der Waals surface area contributed by atoms with Gasteiger partial charge in [-0.3, -0.25) is 0 Å². The monoisotopic (exact) mass is 178 g/mol. The maximum atomic E-state index is 9.79. The van der Waals surface area contributed by atoms with Crippen LogP contribution in [0.3, 0.4) is 0 Å². The van der Waals surface area contributed by atoms with Crippen molar-refractivity contribution in [3.05, 3.63) is 48.3 Å². The van der Waals surface area contributed by atoms with E-state index in [1.165, 1.54) is 0 Å². The lowest BCUT2D eigenvalue weighted by molar-refractivity contribution is 0.413. The van der Waals surface area contributed by atoms with Crippen LogP contribution in [-0.2, 0) is 0 Å². The fraction of sp³-hybridized carbons (Fsp3) is 0.333. The van der Waals surface area contributed by atoms with Crippen molar-refractivity contribution in [1.82, 2.24) is 0 Å². The van der Waals surface area contributed by atoms with E-state index in [1.54, 1.807) is 12.2 Å². The number of allylic oxidation sites excluding steroid dienone is 5. The minimum Gasteiger partial charge on any atom is -0.507 e. The van der Waals surface area contributed by atoms with Crippen molar-refractivity contribution in [3.8, 4) is 0 Å². The second kappa shape index (κ2) is 6.30. The van der Waals surface area contributed by atoms with E-state index in [0.717, 1.165) is 24.0 Å². The predicted octanol–water partition coefficient (Wildman–Crippen LogP) is 3.92. The van der Waals surface area contributed by atoms with Gasteiger partial charge in [-0.2, -0.15) is 0 Å². The van der Waals surface area contributed by atoms with Gasteiger partial charge in [0.15, 0.2) is 0 Å². The smallest absolute Gasteiger partial charge is 0.121 e. The molecule has 13 heavy (non-hydrogen) atoms. The van der Waals surface area contributed by atoms with Crippen LogP contribution in [0.2, 0.25) is 0 Å². The second-order valence-corrected chi connectivity index (χ2v) is 2.71. The van der Waals surface area contributed by atoms with Gasteiger partial charge >= 0.3 is 0 Å². The zero-order valence-corrected chi connectivity index (χ0v) is 8.51. The summed E-state index contributed by atoms with van der Waals surface area (Å²) < 4.78 is 0. The maximum Gasteiger partial charge on any atom is 0.121 e. The third-order valence-corrected chi connectivity index (χ3v) is 1.94. The molecule has 0 heterocycles. The molecule has 1 nitrogen and oxygen atoms in total. The number of aliphatic hydroxyl groups excluding tert-OH is 1. The summed E-state index contributed by atoms with van der Waals surface area (Å²) in [6, 6.07) is 0. The molecule has 0 atom stereocenters. The van der Waals surface area contributed by atoms with Crippen molar-refractivity contribution in [2.24, 2.45) is 0 Å². The van der Waals surface area contributed by atoms with Gasteiger partial charge in [-0.05, 0) is 24.0 Å². The van der Waals surface area contributed by atoms with Gasteiger partial charge in [-0.25, -0.2) is 0 Å². The molecule has 0 radical (unpaired) electrons. The molecule has 0 bridgehead atoms. The van der Waals surface area contributed by atoms with E-state index in [-0.39, 0.29) is 0 Å². The lowest BCUT2D eigenvalue weighted by atomic mass is 10.0. The lowest BCUT2D eigenvalue weighted by Gasteiger charge is -2.06. The Hall–Kier alpha value is -1.24. The number of rotatable bonds is 5. The average Bonchev–Trinajstić information content (AvgIpc) is 2.15. The summed E-state index contributed by atoms with van der Waals surface area (Å²) in [5, 5.41) is 9.79. The molecule has 0 spiro atoms. The SMILES string of the molecule is C=C/C=C(CC)\C(O)=C(/C=C)CC. The van der Waals surface area contributed by atoms with Crippen molar-refractivity contribution >= 4 is 0 Å². The van der Waals surface area contributed by atoms with Crippen molar-refractivity contribution in [2.75, 3.05) is 0 Å². The quantitative estimate of drug-likeness (QED) is 0.499. The highest BCUT2D eigenvalue weighted by Crippen LogP contribution is 2.18. The van der Waals surface area contributed by atoms with Crippen LogP contribution in [0.15, 0.2) is 48.3 Å². The third-order valence-electron chi connectivity index (χ3n) is 1.94. The first-order valence-corrected chi connectivity index (χ1v) is 4.57. The van der Waals surface area contributed by atoms with Crippen LogP contribution >= 0.6 is 0 Å². The molecule has 0 aromatic carbocycles. The molecule has 0 saturated carbocycles. The molecule has 72 valence electrons. The standard InChI is InChI=1S/C12H18O/c1-5-9-11(8-4)12(13)10(6-2)7-3/h5-6,9,13H,1-2,7-8H2,3-4H3/b11-9-,12-10-. The van der Waals surface area contributed by atoms with Gasteiger partial charge in [0.05, 0.1) is 0 Å². The molecule has 0 fully saturated rings. The highest BCUT2D eigenvalue weighted by molar-refractivity contribution is 5.35. The summed E-state index contributed by atoms with van der Waals surface area (Å²) in [6.07, 6.45) is 6.81. The first-order chi connectivity index (χ1) is 6.21. The Kier molecular flexibility index (Phi) is 5.69. The normalized spacial score (nSPS) is 13.5. The van der Waals surface area contributed by atoms with Gasteiger partial charge < -0.3 is 5.11 Å². The number of aliphatic hydroxyl groups is 1. The van der Waals surface area contributed by atoms with E-state index in [2.05, 4.69) is 13.2 Å². The van der Waals surface area contributed by atoms with Crippen LogP contribution < -0.4 is 0 Å². The number of hydrogen-bond donors (Lipinski definition) is 1. The molecule has 0 saturated heterocycles. The zero-order valence-electron chi connectivity index (χ0n) is 8.51. The van der Waals surface area contributed by atoms with Gasteiger partial charge in [0.2, 0.25) is 0 Å². The molecule has 0 rings (SSSR count). The Bertz CT molecular complexity index is 244. The van der Waals surface area contributed by atoms with Crippen LogP contribution in [0, 0.1) is 0 Å². The topological polar surface area (TPSA) is 20.2 Å². The molecular weight excluding hydrogens is 160 g/mol. The highest BCUT2D eigenvalue weighted by atomic mass is 16.3. The Morgan fingerprint density at radius 3 is 2.15 bits per heavy atom. The first kappa shape index (κ1) is 11.8. The van der Waals surface area contributed by atoms with Crippen LogP contribution in [0.25, 0.3) is 0 Å². The fourth-order valence-corrected chi connectivity index (χ4v) is 1.12. The molecule has 1 N–H and O–H groups in total. The molecule has 0 aliphatic heterocycles. The second-order valence-electron chi connectivity index (χ2n) is 2.71. The third kappa shape index (κ3) is 3.32. The predicted molar refractivity (Wildman–Crippen MR) is 58.7 cm³/mol. The van der Waals surface area contributed by atoms with E-state index in [4.69, 9.17) is 0 Å². The van der Waals surface area contributed by atoms with Crippen LogP contribution in [0.5, 0.6) is 0 Å². The Labute approximate surface area is 80.8 Å². The molecule has 0 unspecified atom stereocenters. The van der Waals surface area contributed by atoms with E-state index in [9.17, 15) is 5.11 Å². The van der Waals surface area contributed by atoms with Crippen LogP contribution in [0.4, 0.5) is 0 Å². The molecule has 0 aromatic rings. The van der Waals surface area contributed by atoms with Gasteiger partial charge in [-0.1, -0.05) is 45.2 Å². The van der Waals surface area contributed by atoms with E-state index >= 15 is 0 Å². The lowest BCUT2D eigenvalue weighted by Crippen LogP contribution is -1.92. The fourth-order valence-electron chi connectivity index (χ4n) is 1.12. The van der Waals surface area contributed by atoms with E-state index in [1.807, 2.05) is 19.9 Å². The summed E-state index contributed by atoms with van der Waals surface area (Å²) in [5.41, 5.74) is 1.79. The van der Waals surface area contributed by atoms with Crippen molar-refractivity contribution in [2.45, 2.75) is 26.7 Å². The molecular formula is C12H18O. The molecule has 0 aliphatic carbocycles. The summed E-state index contributed by atoms with van der Waals surface area (Å²) in [7, 11) is 0. The highest BCUT2D eigenvalue weighted by Gasteiger charge is 2.03. The van der Waals surface area contributed by atoms with E-state index < -0.39 is 0 Å². The molecule has 0 aromatic heterocycles. The molecule has 0 aliphatic rings. The maximum absolute atomic E-state index is 9.79. The summed E-state index contributed by atoms with van der Waals surface area (Å²) in [5.74, 6) is 0.347. The van der Waals surface area contributed by atoms with Crippen molar-refractivity contribution < 1.29 is 5.11 Å². The summed E-state index contributed by atoms with van der Waals surface area (Å²) >= 11 is 0.